The average Bonchev–Trinajstić information content (AvgIpc) is 3.35. The molecule has 1 aromatic heterocycles. The molecule has 3 aromatic rings. The molecule has 2 amide bonds. The summed E-state index contributed by atoms with van der Waals surface area (Å²) in [6.45, 7) is 6.52. The predicted molar refractivity (Wildman–Crippen MR) is 138 cm³/mol. The third-order valence-electron chi connectivity index (χ3n) is 6.51. The van der Waals surface area contributed by atoms with E-state index in [0.29, 0.717) is 23.6 Å². The molecule has 0 bridgehead atoms. The molecular formula is C28H32N2O4S. The molecule has 1 aliphatic heterocycles. The summed E-state index contributed by atoms with van der Waals surface area (Å²) >= 11 is 1.74. The number of hydrogen-bond donors (Lipinski definition) is 0. The Morgan fingerprint density at radius 3 is 2.49 bits per heavy atom. The largest absolute Gasteiger partial charge is 0.497 e. The van der Waals surface area contributed by atoms with Gasteiger partial charge in [-0.1, -0.05) is 29.8 Å². The predicted octanol–water partition coefficient (Wildman–Crippen LogP) is 5.10. The Morgan fingerprint density at radius 1 is 1.09 bits per heavy atom. The number of amides is 2. The van der Waals surface area contributed by atoms with Crippen molar-refractivity contribution in [1.29, 1.82) is 0 Å². The van der Waals surface area contributed by atoms with Gasteiger partial charge in [-0.15, -0.1) is 11.3 Å². The standard InChI is InChI=1S/C28H32N2O4S/c1-18(2)30(28(32)22-11-10-21(33-4)16-24(22)34-5)17-26(31)29-14-12-25-23(13-15-35-25)27(29)20-8-6-19(3)7-9-20/h6-11,13,15-16,18,27H,12,14,17H2,1-5H3/t27-/m1/s1. The number of thiophene rings is 1. The van der Waals surface area contributed by atoms with Crippen molar-refractivity contribution in [2.45, 2.75) is 39.3 Å². The molecule has 1 aliphatic rings. The highest BCUT2D eigenvalue weighted by Gasteiger charge is 2.35. The van der Waals surface area contributed by atoms with Crippen LogP contribution in [0.4, 0.5) is 0 Å². The van der Waals surface area contributed by atoms with E-state index in [1.807, 2.05) is 18.7 Å². The molecular weight excluding hydrogens is 460 g/mol. The number of carbonyl (C=O) groups excluding carboxylic acids is 2. The van der Waals surface area contributed by atoms with Crippen molar-refractivity contribution in [1.82, 2.24) is 9.80 Å². The molecule has 6 nitrogen and oxygen atoms in total. The molecule has 0 fully saturated rings. The summed E-state index contributed by atoms with van der Waals surface area (Å²) in [7, 11) is 3.09. The molecule has 0 radical (unpaired) electrons. The van der Waals surface area contributed by atoms with Crippen LogP contribution in [0.15, 0.2) is 53.9 Å². The number of rotatable bonds is 7. The molecule has 0 aliphatic carbocycles. The van der Waals surface area contributed by atoms with Crippen LogP contribution in [-0.2, 0) is 11.2 Å². The Morgan fingerprint density at radius 2 is 1.83 bits per heavy atom. The number of benzene rings is 2. The van der Waals surface area contributed by atoms with Crippen molar-refractivity contribution < 1.29 is 19.1 Å². The minimum atomic E-state index is -0.243. The first-order valence-electron chi connectivity index (χ1n) is 11.8. The van der Waals surface area contributed by atoms with Gasteiger partial charge in [0.05, 0.1) is 25.8 Å². The first kappa shape index (κ1) is 24.8. The quantitative estimate of drug-likeness (QED) is 0.461. The molecule has 35 heavy (non-hydrogen) atoms. The lowest BCUT2D eigenvalue weighted by molar-refractivity contribution is -0.134. The lowest BCUT2D eigenvalue weighted by atomic mass is 9.92. The summed E-state index contributed by atoms with van der Waals surface area (Å²) < 4.78 is 10.7. The Kier molecular flexibility index (Phi) is 7.45. The second-order valence-electron chi connectivity index (χ2n) is 9.04. The highest BCUT2D eigenvalue weighted by atomic mass is 32.1. The van der Waals surface area contributed by atoms with E-state index in [0.717, 1.165) is 12.0 Å². The lowest BCUT2D eigenvalue weighted by Gasteiger charge is -2.38. The van der Waals surface area contributed by atoms with E-state index in [1.54, 1.807) is 41.5 Å². The van der Waals surface area contributed by atoms with Gasteiger partial charge in [0.15, 0.2) is 0 Å². The Bertz CT molecular complexity index is 1200. The van der Waals surface area contributed by atoms with Crippen molar-refractivity contribution >= 4 is 23.2 Å². The minimum absolute atomic E-state index is 0.00643. The van der Waals surface area contributed by atoms with Crippen LogP contribution in [0.3, 0.4) is 0 Å². The number of carbonyl (C=O) groups is 2. The first-order chi connectivity index (χ1) is 16.8. The van der Waals surface area contributed by atoms with Gasteiger partial charge in [0.25, 0.3) is 5.91 Å². The van der Waals surface area contributed by atoms with Gasteiger partial charge in [0.2, 0.25) is 5.91 Å². The number of aryl methyl sites for hydroxylation is 1. The molecule has 4 rings (SSSR count). The van der Waals surface area contributed by atoms with E-state index in [2.05, 4.69) is 42.6 Å². The highest BCUT2D eigenvalue weighted by molar-refractivity contribution is 7.10. The molecule has 0 N–H and O–H groups in total. The van der Waals surface area contributed by atoms with Crippen molar-refractivity contribution in [3.8, 4) is 11.5 Å². The van der Waals surface area contributed by atoms with E-state index in [1.165, 1.54) is 23.1 Å². The Labute approximate surface area is 211 Å². The smallest absolute Gasteiger partial charge is 0.258 e. The molecule has 1 atom stereocenters. The SMILES string of the molecule is COc1ccc(C(=O)N(CC(=O)N2CCc3sccc3[C@H]2c2ccc(C)cc2)C(C)C)c(OC)c1. The minimum Gasteiger partial charge on any atom is -0.497 e. The summed E-state index contributed by atoms with van der Waals surface area (Å²) in [5.41, 5.74) is 3.85. The number of nitrogens with zero attached hydrogens (tertiary/aromatic N) is 2. The van der Waals surface area contributed by atoms with Crippen LogP contribution in [-0.4, -0.2) is 55.0 Å². The summed E-state index contributed by atoms with van der Waals surface area (Å²) in [6, 6.07) is 15.3. The number of fused-ring (bicyclic) bond motifs is 1. The van der Waals surface area contributed by atoms with Crippen LogP contribution in [0.5, 0.6) is 11.5 Å². The number of methoxy groups -OCH3 is 2. The molecule has 2 aromatic carbocycles. The van der Waals surface area contributed by atoms with Crippen LogP contribution >= 0.6 is 11.3 Å². The third kappa shape index (κ3) is 5.05. The highest BCUT2D eigenvalue weighted by Crippen LogP contribution is 2.38. The number of ether oxygens (including phenoxy) is 2. The normalized spacial score (nSPS) is 15.0. The molecule has 7 heteroatoms. The molecule has 0 unspecified atom stereocenters. The topological polar surface area (TPSA) is 59.1 Å². The molecule has 0 saturated carbocycles. The van der Waals surface area contributed by atoms with Crippen LogP contribution in [0, 0.1) is 6.92 Å². The van der Waals surface area contributed by atoms with Gasteiger partial charge in [-0.2, -0.15) is 0 Å². The monoisotopic (exact) mass is 492 g/mol. The van der Waals surface area contributed by atoms with Crippen LogP contribution < -0.4 is 9.47 Å². The average molecular weight is 493 g/mol. The van der Waals surface area contributed by atoms with Gasteiger partial charge in [-0.3, -0.25) is 9.59 Å². The van der Waals surface area contributed by atoms with Crippen LogP contribution in [0.25, 0.3) is 0 Å². The van der Waals surface area contributed by atoms with Gasteiger partial charge in [-0.25, -0.2) is 0 Å². The van der Waals surface area contributed by atoms with Crippen LogP contribution in [0.2, 0.25) is 0 Å². The van der Waals surface area contributed by atoms with E-state index >= 15 is 0 Å². The fourth-order valence-corrected chi connectivity index (χ4v) is 5.45. The molecule has 0 spiro atoms. The van der Waals surface area contributed by atoms with E-state index in [4.69, 9.17) is 9.47 Å². The van der Waals surface area contributed by atoms with Gasteiger partial charge >= 0.3 is 0 Å². The summed E-state index contributed by atoms with van der Waals surface area (Å²) in [5, 5.41) is 2.10. The molecule has 0 saturated heterocycles. The zero-order chi connectivity index (χ0) is 25.1. The zero-order valence-electron chi connectivity index (χ0n) is 20.9. The Balaban J connectivity index is 1.63. The van der Waals surface area contributed by atoms with Crippen molar-refractivity contribution in [2.24, 2.45) is 0 Å². The fraction of sp³-hybridized carbons (Fsp3) is 0.357. The van der Waals surface area contributed by atoms with Crippen molar-refractivity contribution in [3.63, 3.8) is 0 Å². The van der Waals surface area contributed by atoms with Crippen LogP contribution in [0.1, 0.15) is 51.8 Å². The summed E-state index contributed by atoms with van der Waals surface area (Å²) in [5.74, 6) is 0.715. The summed E-state index contributed by atoms with van der Waals surface area (Å²) in [4.78, 5) is 32.2. The third-order valence-corrected chi connectivity index (χ3v) is 7.50. The maximum atomic E-state index is 13.8. The van der Waals surface area contributed by atoms with Crippen molar-refractivity contribution in [2.75, 3.05) is 27.3 Å². The van der Waals surface area contributed by atoms with E-state index in [-0.39, 0.29) is 30.4 Å². The summed E-state index contributed by atoms with van der Waals surface area (Å²) in [6.07, 6.45) is 0.822. The zero-order valence-corrected chi connectivity index (χ0v) is 21.7. The maximum absolute atomic E-state index is 13.8. The Hall–Kier alpha value is -3.32. The maximum Gasteiger partial charge on any atom is 0.258 e. The van der Waals surface area contributed by atoms with Gasteiger partial charge in [-0.05, 0) is 61.9 Å². The number of hydrogen-bond acceptors (Lipinski definition) is 5. The second-order valence-corrected chi connectivity index (χ2v) is 10.0. The lowest BCUT2D eigenvalue weighted by Crippen LogP contribution is -2.48. The van der Waals surface area contributed by atoms with E-state index < -0.39 is 0 Å². The molecule has 2 heterocycles. The first-order valence-corrected chi connectivity index (χ1v) is 12.7. The molecule has 184 valence electrons. The van der Waals surface area contributed by atoms with Crippen molar-refractivity contribution in [3.05, 3.63) is 81.0 Å². The fourth-order valence-electron chi connectivity index (χ4n) is 4.55. The van der Waals surface area contributed by atoms with E-state index in [9.17, 15) is 9.59 Å². The van der Waals surface area contributed by atoms with Gasteiger partial charge < -0.3 is 19.3 Å². The second kappa shape index (κ2) is 10.5. The van der Waals surface area contributed by atoms with Gasteiger partial charge in [0, 0.05) is 23.5 Å². The van der Waals surface area contributed by atoms with Gasteiger partial charge in [0.1, 0.15) is 18.0 Å².